The monoisotopic (exact) mass is 259 g/mol. The SMILES string of the molecule is CCc1ccc(CN(C)CC(C)n2cncn2)nc1. The van der Waals surface area contributed by atoms with Crippen molar-refractivity contribution in [2.45, 2.75) is 32.9 Å². The van der Waals surface area contributed by atoms with E-state index in [-0.39, 0.29) is 0 Å². The minimum atomic E-state index is 0.308. The maximum Gasteiger partial charge on any atom is 0.137 e. The zero-order chi connectivity index (χ0) is 13.7. The molecule has 0 fully saturated rings. The van der Waals surface area contributed by atoms with Gasteiger partial charge in [-0.25, -0.2) is 9.67 Å². The van der Waals surface area contributed by atoms with Gasteiger partial charge in [-0.15, -0.1) is 0 Å². The molecule has 0 saturated heterocycles. The molecule has 102 valence electrons. The van der Waals surface area contributed by atoms with Crippen LogP contribution in [0.1, 0.15) is 31.1 Å². The number of nitrogens with zero attached hydrogens (tertiary/aromatic N) is 5. The van der Waals surface area contributed by atoms with Gasteiger partial charge in [-0.1, -0.05) is 13.0 Å². The molecule has 0 bridgehead atoms. The van der Waals surface area contributed by atoms with E-state index in [4.69, 9.17) is 0 Å². The fourth-order valence-corrected chi connectivity index (χ4v) is 2.08. The van der Waals surface area contributed by atoms with Crippen molar-refractivity contribution in [1.29, 1.82) is 0 Å². The van der Waals surface area contributed by atoms with E-state index in [2.05, 4.69) is 53.0 Å². The van der Waals surface area contributed by atoms with Crippen molar-refractivity contribution in [2.24, 2.45) is 0 Å². The van der Waals surface area contributed by atoms with Crippen LogP contribution < -0.4 is 0 Å². The molecule has 0 radical (unpaired) electrons. The first-order valence-electron chi connectivity index (χ1n) is 6.65. The number of aromatic nitrogens is 4. The average Bonchev–Trinajstić information content (AvgIpc) is 2.93. The van der Waals surface area contributed by atoms with Crippen LogP contribution in [0, 0.1) is 0 Å². The standard InChI is InChI=1S/C14H21N5/c1-4-13-5-6-14(16-7-13)9-18(3)8-12(2)19-11-15-10-17-19/h5-7,10-12H,4,8-9H2,1-3H3. The highest BCUT2D eigenvalue weighted by Crippen LogP contribution is 2.08. The van der Waals surface area contributed by atoms with Crippen molar-refractivity contribution in [3.8, 4) is 0 Å². The number of hydrogen-bond donors (Lipinski definition) is 0. The molecule has 2 aromatic rings. The molecule has 0 aliphatic rings. The Morgan fingerprint density at radius 2 is 2.21 bits per heavy atom. The summed E-state index contributed by atoms with van der Waals surface area (Å²) in [6.07, 6.45) is 6.32. The summed E-state index contributed by atoms with van der Waals surface area (Å²) in [5, 5.41) is 4.16. The van der Waals surface area contributed by atoms with Crippen molar-refractivity contribution in [3.05, 3.63) is 42.2 Å². The van der Waals surface area contributed by atoms with Gasteiger partial charge >= 0.3 is 0 Å². The van der Waals surface area contributed by atoms with Gasteiger partial charge in [0.1, 0.15) is 12.7 Å². The zero-order valence-electron chi connectivity index (χ0n) is 11.8. The Kier molecular flexibility index (Phi) is 4.63. The lowest BCUT2D eigenvalue weighted by Crippen LogP contribution is -2.26. The summed E-state index contributed by atoms with van der Waals surface area (Å²) in [6, 6.07) is 4.56. The lowest BCUT2D eigenvalue weighted by Gasteiger charge is -2.20. The second-order valence-electron chi connectivity index (χ2n) is 4.93. The lowest BCUT2D eigenvalue weighted by molar-refractivity contribution is 0.266. The van der Waals surface area contributed by atoms with E-state index in [0.29, 0.717) is 6.04 Å². The minimum Gasteiger partial charge on any atom is -0.298 e. The maximum absolute atomic E-state index is 4.48. The number of aryl methyl sites for hydroxylation is 1. The lowest BCUT2D eigenvalue weighted by atomic mass is 10.2. The normalized spacial score (nSPS) is 12.8. The van der Waals surface area contributed by atoms with Crippen LogP contribution >= 0.6 is 0 Å². The topological polar surface area (TPSA) is 46.8 Å². The molecule has 0 saturated carbocycles. The molecule has 0 N–H and O–H groups in total. The van der Waals surface area contributed by atoms with Gasteiger partial charge in [-0.2, -0.15) is 5.10 Å². The van der Waals surface area contributed by atoms with Crippen molar-refractivity contribution < 1.29 is 0 Å². The molecule has 1 unspecified atom stereocenters. The van der Waals surface area contributed by atoms with Gasteiger partial charge in [-0.05, 0) is 32.0 Å². The maximum atomic E-state index is 4.48. The Labute approximate surface area is 114 Å². The van der Waals surface area contributed by atoms with E-state index >= 15 is 0 Å². The Balaban J connectivity index is 1.88. The molecular weight excluding hydrogens is 238 g/mol. The number of rotatable bonds is 6. The molecular formula is C14H21N5. The smallest absolute Gasteiger partial charge is 0.137 e. The zero-order valence-corrected chi connectivity index (χ0v) is 11.8. The van der Waals surface area contributed by atoms with Gasteiger partial charge in [0.2, 0.25) is 0 Å². The van der Waals surface area contributed by atoms with Crippen LogP contribution in [0.3, 0.4) is 0 Å². The summed E-state index contributed by atoms with van der Waals surface area (Å²) in [6.45, 7) is 6.05. The van der Waals surface area contributed by atoms with Gasteiger partial charge in [0.25, 0.3) is 0 Å². The van der Waals surface area contributed by atoms with Gasteiger partial charge in [0, 0.05) is 19.3 Å². The summed E-state index contributed by atoms with van der Waals surface area (Å²) in [4.78, 5) is 10.7. The molecule has 5 nitrogen and oxygen atoms in total. The first-order chi connectivity index (χ1) is 9.19. The Hall–Kier alpha value is -1.75. The van der Waals surface area contributed by atoms with Crippen LogP contribution in [0.5, 0.6) is 0 Å². The highest BCUT2D eigenvalue weighted by atomic mass is 15.3. The molecule has 0 amide bonds. The van der Waals surface area contributed by atoms with E-state index in [9.17, 15) is 0 Å². The van der Waals surface area contributed by atoms with Gasteiger partial charge in [0.15, 0.2) is 0 Å². The summed E-state index contributed by atoms with van der Waals surface area (Å²) in [5.41, 5.74) is 2.38. The summed E-state index contributed by atoms with van der Waals surface area (Å²) in [7, 11) is 2.10. The highest BCUT2D eigenvalue weighted by Gasteiger charge is 2.09. The van der Waals surface area contributed by atoms with Crippen LogP contribution in [-0.2, 0) is 13.0 Å². The van der Waals surface area contributed by atoms with Crippen LogP contribution in [0.4, 0.5) is 0 Å². The molecule has 0 spiro atoms. The molecule has 0 aliphatic carbocycles. The summed E-state index contributed by atoms with van der Waals surface area (Å²) in [5.74, 6) is 0. The predicted octanol–water partition coefficient (Wildman–Crippen LogP) is 1.93. The first kappa shape index (κ1) is 13.7. The predicted molar refractivity (Wildman–Crippen MR) is 74.7 cm³/mol. The Bertz CT molecular complexity index is 477. The quantitative estimate of drug-likeness (QED) is 0.795. The van der Waals surface area contributed by atoms with E-state index in [1.807, 2.05) is 10.9 Å². The van der Waals surface area contributed by atoms with Crippen LogP contribution in [-0.4, -0.2) is 38.2 Å². The van der Waals surface area contributed by atoms with Crippen molar-refractivity contribution in [1.82, 2.24) is 24.6 Å². The molecule has 0 aromatic carbocycles. The van der Waals surface area contributed by atoms with Gasteiger partial charge in [0.05, 0.1) is 11.7 Å². The second-order valence-corrected chi connectivity index (χ2v) is 4.93. The number of likely N-dealkylation sites (N-methyl/N-ethyl adjacent to an activating group) is 1. The molecule has 19 heavy (non-hydrogen) atoms. The van der Waals surface area contributed by atoms with Crippen molar-refractivity contribution in [2.75, 3.05) is 13.6 Å². The summed E-state index contributed by atoms with van der Waals surface area (Å²) >= 11 is 0. The Morgan fingerprint density at radius 1 is 1.37 bits per heavy atom. The third kappa shape index (κ3) is 3.86. The minimum absolute atomic E-state index is 0.308. The molecule has 0 aliphatic heterocycles. The van der Waals surface area contributed by atoms with Gasteiger partial charge < -0.3 is 0 Å². The third-order valence-corrected chi connectivity index (χ3v) is 3.19. The van der Waals surface area contributed by atoms with Gasteiger partial charge in [-0.3, -0.25) is 9.88 Å². The summed E-state index contributed by atoms with van der Waals surface area (Å²) < 4.78 is 1.88. The van der Waals surface area contributed by atoms with Crippen molar-refractivity contribution >= 4 is 0 Å². The van der Waals surface area contributed by atoms with Crippen molar-refractivity contribution in [3.63, 3.8) is 0 Å². The van der Waals surface area contributed by atoms with Crippen LogP contribution in [0.2, 0.25) is 0 Å². The highest BCUT2D eigenvalue weighted by molar-refractivity contribution is 5.13. The van der Waals surface area contributed by atoms with Crippen LogP contribution in [0.15, 0.2) is 31.0 Å². The van der Waals surface area contributed by atoms with E-state index in [1.165, 1.54) is 5.56 Å². The Morgan fingerprint density at radius 3 is 2.79 bits per heavy atom. The number of pyridine rings is 1. The molecule has 2 rings (SSSR count). The van der Waals surface area contributed by atoms with E-state index in [0.717, 1.165) is 25.2 Å². The van der Waals surface area contributed by atoms with E-state index < -0.39 is 0 Å². The third-order valence-electron chi connectivity index (χ3n) is 3.19. The fraction of sp³-hybridized carbons (Fsp3) is 0.500. The largest absolute Gasteiger partial charge is 0.298 e. The fourth-order valence-electron chi connectivity index (χ4n) is 2.08. The van der Waals surface area contributed by atoms with Crippen LogP contribution in [0.25, 0.3) is 0 Å². The van der Waals surface area contributed by atoms with E-state index in [1.54, 1.807) is 12.7 Å². The average molecular weight is 259 g/mol. The molecule has 2 heterocycles. The first-order valence-corrected chi connectivity index (χ1v) is 6.65. The second kappa shape index (κ2) is 6.43. The molecule has 2 aromatic heterocycles. The molecule has 1 atom stereocenters. The molecule has 5 heteroatoms. The number of hydrogen-bond acceptors (Lipinski definition) is 4.